The molecule has 1 amide bonds. The molecule has 1 heterocycles. The minimum Gasteiger partial charge on any atom is -0.486 e. The number of hydrogen-bond acceptors (Lipinski definition) is 3. The number of aryl methyl sites for hydroxylation is 1. The number of nitrogens with zero attached hydrogens (tertiary/aromatic N) is 2. The summed E-state index contributed by atoms with van der Waals surface area (Å²) in [5.74, 6) is 1.36. The first-order chi connectivity index (χ1) is 14.1. The van der Waals surface area contributed by atoms with Crippen LogP contribution in [-0.4, -0.2) is 15.5 Å². The molecule has 0 unspecified atom stereocenters. The van der Waals surface area contributed by atoms with Gasteiger partial charge in [0.2, 0.25) is 5.91 Å². The number of imidazole rings is 1. The number of aromatic nitrogens is 2. The van der Waals surface area contributed by atoms with E-state index in [9.17, 15) is 4.79 Å². The van der Waals surface area contributed by atoms with Crippen LogP contribution in [-0.2, 0) is 17.9 Å². The highest BCUT2D eigenvalue weighted by Crippen LogP contribution is 2.21. The molecule has 0 aliphatic heterocycles. The molecule has 0 bridgehead atoms. The zero-order chi connectivity index (χ0) is 20.2. The maximum Gasteiger partial charge on any atom is 0.244 e. The van der Waals surface area contributed by atoms with Gasteiger partial charge in [-0.15, -0.1) is 0 Å². The lowest BCUT2D eigenvalue weighted by atomic mass is 10.2. The molecule has 0 aliphatic carbocycles. The summed E-state index contributed by atoms with van der Waals surface area (Å²) < 4.78 is 8.78. The van der Waals surface area contributed by atoms with Crippen molar-refractivity contribution in [1.29, 1.82) is 0 Å². The molecule has 5 nitrogen and oxygen atoms in total. The van der Waals surface area contributed by atoms with Crippen molar-refractivity contribution in [2.24, 2.45) is 0 Å². The zero-order valence-electron chi connectivity index (χ0n) is 15.9. The van der Waals surface area contributed by atoms with E-state index in [1.54, 1.807) is 0 Å². The van der Waals surface area contributed by atoms with Gasteiger partial charge in [0, 0.05) is 10.2 Å². The Morgan fingerprint density at radius 2 is 1.83 bits per heavy atom. The summed E-state index contributed by atoms with van der Waals surface area (Å²) in [4.78, 5) is 17.4. The number of hydrogen-bond donors (Lipinski definition) is 1. The van der Waals surface area contributed by atoms with Crippen LogP contribution in [0.25, 0.3) is 11.0 Å². The summed E-state index contributed by atoms with van der Waals surface area (Å²) in [6, 6.07) is 23.1. The number of benzene rings is 3. The van der Waals surface area contributed by atoms with Crippen LogP contribution in [0.2, 0.25) is 0 Å². The maximum atomic E-state index is 12.7. The van der Waals surface area contributed by atoms with Crippen LogP contribution in [0.15, 0.2) is 77.3 Å². The Kier molecular flexibility index (Phi) is 5.62. The fraction of sp³-hybridized carbons (Fsp3) is 0.130. The normalized spacial score (nSPS) is 10.8. The molecule has 0 atom stereocenters. The summed E-state index contributed by atoms with van der Waals surface area (Å²) in [7, 11) is 0. The fourth-order valence-corrected chi connectivity index (χ4v) is 3.39. The van der Waals surface area contributed by atoms with Crippen LogP contribution in [0.3, 0.4) is 0 Å². The molecule has 146 valence electrons. The predicted molar refractivity (Wildman–Crippen MR) is 118 cm³/mol. The Bertz CT molecular complexity index is 1160. The van der Waals surface area contributed by atoms with E-state index < -0.39 is 0 Å². The minimum atomic E-state index is -0.115. The van der Waals surface area contributed by atoms with Crippen LogP contribution >= 0.6 is 15.9 Å². The largest absolute Gasteiger partial charge is 0.486 e. The van der Waals surface area contributed by atoms with Gasteiger partial charge < -0.3 is 14.6 Å². The van der Waals surface area contributed by atoms with Crippen LogP contribution in [0.4, 0.5) is 5.69 Å². The number of fused-ring (bicyclic) bond motifs is 1. The van der Waals surface area contributed by atoms with Gasteiger partial charge in [-0.2, -0.15) is 0 Å². The number of para-hydroxylation sites is 3. The Balaban J connectivity index is 1.56. The van der Waals surface area contributed by atoms with Crippen LogP contribution in [0, 0.1) is 6.92 Å². The van der Waals surface area contributed by atoms with E-state index >= 15 is 0 Å². The molecule has 0 aliphatic rings. The smallest absolute Gasteiger partial charge is 0.244 e. The maximum absolute atomic E-state index is 12.7. The zero-order valence-corrected chi connectivity index (χ0v) is 17.5. The molecule has 1 aromatic heterocycles. The van der Waals surface area contributed by atoms with Crippen molar-refractivity contribution in [2.75, 3.05) is 5.32 Å². The van der Waals surface area contributed by atoms with Gasteiger partial charge in [-0.1, -0.05) is 46.3 Å². The van der Waals surface area contributed by atoms with E-state index in [4.69, 9.17) is 4.74 Å². The average molecular weight is 450 g/mol. The van der Waals surface area contributed by atoms with Crippen LogP contribution in [0.1, 0.15) is 11.4 Å². The molecular formula is C23H20BrN3O2. The Hall–Kier alpha value is -3.12. The van der Waals surface area contributed by atoms with Crippen molar-refractivity contribution in [3.63, 3.8) is 0 Å². The van der Waals surface area contributed by atoms with Gasteiger partial charge in [0.1, 0.15) is 24.7 Å². The average Bonchev–Trinajstić information content (AvgIpc) is 3.07. The molecular weight excluding hydrogens is 430 g/mol. The van der Waals surface area contributed by atoms with Crippen molar-refractivity contribution < 1.29 is 9.53 Å². The van der Waals surface area contributed by atoms with Crippen molar-refractivity contribution in [3.8, 4) is 5.75 Å². The molecule has 0 radical (unpaired) electrons. The lowest BCUT2D eigenvalue weighted by Gasteiger charge is -2.12. The second-order valence-corrected chi connectivity index (χ2v) is 7.57. The first kappa shape index (κ1) is 19.2. The SMILES string of the molecule is Cc1cc(NC(=O)Cn2c(COc3ccccc3)nc3ccccc32)ccc1Br. The fourth-order valence-electron chi connectivity index (χ4n) is 3.14. The number of rotatable bonds is 6. The van der Waals surface area contributed by atoms with Crippen molar-refractivity contribution in [2.45, 2.75) is 20.1 Å². The monoisotopic (exact) mass is 449 g/mol. The second-order valence-electron chi connectivity index (χ2n) is 6.72. The molecule has 0 fully saturated rings. The van der Waals surface area contributed by atoms with E-state index in [-0.39, 0.29) is 19.1 Å². The third kappa shape index (κ3) is 4.49. The molecule has 4 aromatic rings. The molecule has 1 N–H and O–H groups in total. The Morgan fingerprint density at radius 3 is 2.62 bits per heavy atom. The highest BCUT2D eigenvalue weighted by atomic mass is 79.9. The van der Waals surface area contributed by atoms with Gasteiger partial charge in [-0.05, 0) is 55.0 Å². The number of carbonyl (C=O) groups is 1. The molecule has 3 aromatic carbocycles. The Morgan fingerprint density at radius 1 is 1.07 bits per heavy atom. The molecule has 0 saturated carbocycles. The number of amides is 1. The number of anilines is 1. The van der Waals surface area contributed by atoms with Gasteiger partial charge in [0.05, 0.1) is 11.0 Å². The molecule has 0 spiro atoms. The molecule has 4 rings (SSSR count). The quantitative estimate of drug-likeness (QED) is 0.432. The molecule has 6 heteroatoms. The number of ether oxygens (including phenoxy) is 1. The van der Waals surface area contributed by atoms with E-state index in [1.807, 2.05) is 84.3 Å². The van der Waals surface area contributed by atoms with Crippen LogP contribution in [0.5, 0.6) is 5.75 Å². The first-order valence-corrected chi connectivity index (χ1v) is 10.1. The third-order valence-corrected chi connectivity index (χ3v) is 5.48. The van der Waals surface area contributed by atoms with E-state index in [0.717, 1.165) is 32.5 Å². The van der Waals surface area contributed by atoms with Gasteiger partial charge in [-0.25, -0.2) is 4.98 Å². The van der Waals surface area contributed by atoms with Gasteiger partial charge in [-0.3, -0.25) is 4.79 Å². The number of carbonyl (C=O) groups excluding carboxylic acids is 1. The first-order valence-electron chi connectivity index (χ1n) is 9.28. The summed E-state index contributed by atoms with van der Waals surface area (Å²) >= 11 is 3.48. The lowest BCUT2D eigenvalue weighted by Crippen LogP contribution is -2.20. The summed E-state index contributed by atoms with van der Waals surface area (Å²) in [5.41, 5.74) is 3.57. The third-order valence-electron chi connectivity index (χ3n) is 4.59. The Labute approximate surface area is 177 Å². The van der Waals surface area contributed by atoms with Crippen molar-refractivity contribution >= 4 is 38.6 Å². The number of nitrogens with one attached hydrogen (secondary N) is 1. The minimum absolute atomic E-state index is 0.115. The van der Waals surface area contributed by atoms with E-state index in [1.165, 1.54) is 0 Å². The van der Waals surface area contributed by atoms with Gasteiger partial charge in [0.25, 0.3) is 0 Å². The van der Waals surface area contributed by atoms with Crippen molar-refractivity contribution in [1.82, 2.24) is 9.55 Å². The van der Waals surface area contributed by atoms with E-state index in [2.05, 4.69) is 26.2 Å². The second kappa shape index (κ2) is 8.49. The number of halogens is 1. The highest BCUT2D eigenvalue weighted by molar-refractivity contribution is 9.10. The van der Waals surface area contributed by atoms with Gasteiger partial charge >= 0.3 is 0 Å². The summed E-state index contributed by atoms with van der Waals surface area (Å²) in [6.07, 6.45) is 0. The van der Waals surface area contributed by atoms with Gasteiger partial charge in [0.15, 0.2) is 0 Å². The van der Waals surface area contributed by atoms with Crippen LogP contribution < -0.4 is 10.1 Å². The van der Waals surface area contributed by atoms with Crippen molar-refractivity contribution in [3.05, 3.63) is 88.7 Å². The standard InChI is InChI=1S/C23H20BrN3O2/c1-16-13-17(11-12-19(16)24)25-23(28)14-27-21-10-6-5-9-20(21)26-22(27)15-29-18-7-3-2-4-8-18/h2-13H,14-15H2,1H3,(H,25,28). The summed E-state index contributed by atoms with van der Waals surface area (Å²) in [5, 5.41) is 2.96. The molecule has 0 saturated heterocycles. The molecule has 29 heavy (non-hydrogen) atoms. The lowest BCUT2D eigenvalue weighted by molar-refractivity contribution is -0.116. The topological polar surface area (TPSA) is 56.2 Å². The summed E-state index contributed by atoms with van der Waals surface area (Å²) in [6.45, 7) is 2.43. The predicted octanol–water partition coefficient (Wildman–Crippen LogP) is 5.32. The van der Waals surface area contributed by atoms with E-state index in [0.29, 0.717) is 5.82 Å². The highest BCUT2D eigenvalue weighted by Gasteiger charge is 2.14.